The summed E-state index contributed by atoms with van der Waals surface area (Å²) < 4.78 is 21.8. The second kappa shape index (κ2) is 8.46. The van der Waals surface area contributed by atoms with Gasteiger partial charge in [0.05, 0.1) is 43.0 Å². The summed E-state index contributed by atoms with van der Waals surface area (Å²) >= 11 is 0. The van der Waals surface area contributed by atoms with E-state index in [1.807, 2.05) is 13.8 Å². The van der Waals surface area contributed by atoms with Crippen molar-refractivity contribution < 1.29 is 27.9 Å². The number of ether oxygens (including phenoxy) is 2. The summed E-state index contributed by atoms with van der Waals surface area (Å²) in [5.41, 5.74) is 0.785. The minimum atomic E-state index is -0.695. The van der Waals surface area contributed by atoms with Crippen LogP contribution in [-0.4, -0.2) is 25.2 Å². The molecule has 2 rings (SSSR count). The second-order valence-corrected chi connectivity index (χ2v) is 6.98. The maximum Gasteiger partial charge on any atom is 0.313 e. The number of carbonyl (C=O) groups excluding carboxylic acids is 2. The molecule has 2 aromatic rings. The van der Waals surface area contributed by atoms with Crippen LogP contribution < -0.4 is 0 Å². The monoisotopic (exact) mass is 376 g/mol. The molecule has 0 amide bonds. The van der Waals surface area contributed by atoms with Crippen molar-refractivity contribution >= 4 is 11.9 Å². The Kier molecular flexibility index (Phi) is 6.52. The summed E-state index contributed by atoms with van der Waals surface area (Å²) in [5, 5.41) is 0. The fourth-order valence-electron chi connectivity index (χ4n) is 3.23. The van der Waals surface area contributed by atoms with Crippen molar-refractivity contribution in [1.82, 2.24) is 0 Å². The summed E-state index contributed by atoms with van der Waals surface area (Å²) in [6.45, 7) is 11.6. The van der Waals surface area contributed by atoms with Gasteiger partial charge in [0.25, 0.3) is 0 Å². The van der Waals surface area contributed by atoms with Crippen molar-refractivity contribution in [2.75, 3.05) is 13.2 Å². The molecule has 2 aromatic heterocycles. The number of hydrogen-bond donors (Lipinski definition) is 0. The van der Waals surface area contributed by atoms with Gasteiger partial charge in [-0.2, -0.15) is 0 Å². The molecule has 6 nitrogen and oxygen atoms in total. The maximum atomic E-state index is 12.2. The van der Waals surface area contributed by atoms with Crippen LogP contribution in [-0.2, 0) is 24.5 Å². The average Bonchev–Trinajstić information content (AvgIpc) is 3.30. The van der Waals surface area contributed by atoms with Gasteiger partial charge < -0.3 is 18.3 Å². The summed E-state index contributed by atoms with van der Waals surface area (Å²) in [4.78, 5) is 24.4. The van der Waals surface area contributed by atoms with Gasteiger partial charge in [-0.05, 0) is 53.7 Å². The Hall–Kier alpha value is -2.50. The van der Waals surface area contributed by atoms with Gasteiger partial charge in [-0.15, -0.1) is 0 Å². The molecule has 0 aliphatic heterocycles. The number of rotatable bonds is 8. The van der Waals surface area contributed by atoms with E-state index in [9.17, 15) is 9.59 Å². The molecule has 0 spiro atoms. The molecule has 0 saturated carbocycles. The van der Waals surface area contributed by atoms with Crippen LogP contribution in [0.1, 0.15) is 76.0 Å². The van der Waals surface area contributed by atoms with Crippen molar-refractivity contribution in [3.63, 3.8) is 0 Å². The SMILES string of the molecule is CCOC(=O)C(C)c1ccoc1C(C)(C)c1occc1C(C)C(=O)OCC. The zero-order chi connectivity index (χ0) is 20.2. The van der Waals surface area contributed by atoms with Crippen molar-refractivity contribution in [2.45, 2.75) is 58.8 Å². The summed E-state index contributed by atoms with van der Waals surface area (Å²) in [7, 11) is 0. The Morgan fingerprint density at radius 3 is 1.59 bits per heavy atom. The topological polar surface area (TPSA) is 78.9 Å². The molecule has 2 unspecified atom stereocenters. The van der Waals surface area contributed by atoms with Gasteiger partial charge in [-0.3, -0.25) is 9.59 Å². The molecular formula is C21H28O6. The highest BCUT2D eigenvalue weighted by molar-refractivity contribution is 5.79. The lowest BCUT2D eigenvalue weighted by atomic mass is 9.79. The lowest BCUT2D eigenvalue weighted by Crippen LogP contribution is -2.25. The molecule has 0 fully saturated rings. The molecule has 0 bridgehead atoms. The van der Waals surface area contributed by atoms with E-state index in [-0.39, 0.29) is 11.9 Å². The molecule has 0 aliphatic carbocycles. The molecule has 2 heterocycles. The predicted molar refractivity (Wildman–Crippen MR) is 99.6 cm³/mol. The average molecular weight is 376 g/mol. The maximum absolute atomic E-state index is 12.2. The summed E-state index contributed by atoms with van der Waals surface area (Å²) in [5.74, 6) is -0.352. The van der Waals surface area contributed by atoms with Gasteiger partial charge in [0.1, 0.15) is 11.5 Å². The number of carbonyl (C=O) groups is 2. The largest absolute Gasteiger partial charge is 0.468 e. The first-order valence-electron chi connectivity index (χ1n) is 9.24. The van der Waals surface area contributed by atoms with Crippen molar-refractivity contribution in [1.29, 1.82) is 0 Å². The van der Waals surface area contributed by atoms with Crippen LogP contribution in [0, 0.1) is 0 Å². The van der Waals surface area contributed by atoms with Crippen LogP contribution in [0.3, 0.4) is 0 Å². The van der Waals surface area contributed by atoms with Crippen LogP contribution in [0.2, 0.25) is 0 Å². The summed E-state index contributed by atoms with van der Waals surface area (Å²) in [6.07, 6.45) is 3.11. The minimum Gasteiger partial charge on any atom is -0.468 e. The van der Waals surface area contributed by atoms with Gasteiger partial charge in [0, 0.05) is 11.1 Å². The highest BCUT2D eigenvalue weighted by Gasteiger charge is 2.38. The number of furan rings is 2. The van der Waals surface area contributed by atoms with E-state index in [2.05, 4.69) is 0 Å². The third-order valence-electron chi connectivity index (χ3n) is 4.74. The molecule has 0 aromatic carbocycles. The first-order chi connectivity index (χ1) is 12.8. The quantitative estimate of drug-likeness (QED) is 0.630. The highest BCUT2D eigenvalue weighted by atomic mass is 16.5. The van der Waals surface area contributed by atoms with Crippen LogP contribution in [0.4, 0.5) is 0 Å². The molecule has 0 aliphatic rings. The third kappa shape index (κ3) is 4.10. The fraction of sp³-hybridized carbons (Fsp3) is 0.524. The Morgan fingerprint density at radius 1 is 0.889 bits per heavy atom. The molecule has 27 heavy (non-hydrogen) atoms. The molecule has 2 atom stereocenters. The smallest absolute Gasteiger partial charge is 0.313 e. The fourth-order valence-corrected chi connectivity index (χ4v) is 3.23. The predicted octanol–water partition coefficient (Wildman–Crippen LogP) is 4.53. The summed E-state index contributed by atoms with van der Waals surface area (Å²) in [6, 6.07) is 3.55. The van der Waals surface area contributed by atoms with E-state index in [1.165, 1.54) is 0 Å². The first kappa shape index (κ1) is 20.8. The molecule has 0 N–H and O–H groups in total. The highest BCUT2D eigenvalue weighted by Crippen LogP contribution is 2.41. The molecule has 148 valence electrons. The Balaban J connectivity index is 2.42. The zero-order valence-electron chi connectivity index (χ0n) is 16.8. The first-order valence-corrected chi connectivity index (χ1v) is 9.24. The van der Waals surface area contributed by atoms with Crippen LogP contribution in [0.15, 0.2) is 33.5 Å². The van der Waals surface area contributed by atoms with Crippen molar-refractivity contribution in [3.05, 3.63) is 47.3 Å². The van der Waals surface area contributed by atoms with Crippen LogP contribution in [0.25, 0.3) is 0 Å². The van der Waals surface area contributed by atoms with Gasteiger partial charge >= 0.3 is 11.9 Å². The standard InChI is InChI=1S/C21H28O6/c1-7-24-19(22)13(3)15-9-11-26-17(15)21(5,6)18-16(10-12-27-18)14(4)20(23)25-8-2/h9-14H,7-8H2,1-6H3. The Labute approximate surface area is 159 Å². The van der Waals surface area contributed by atoms with E-state index >= 15 is 0 Å². The van der Waals surface area contributed by atoms with Crippen molar-refractivity contribution in [2.24, 2.45) is 0 Å². The molecule has 0 saturated heterocycles. The van der Waals surface area contributed by atoms with E-state index in [4.69, 9.17) is 18.3 Å². The van der Waals surface area contributed by atoms with Crippen LogP contribution in [0.5, 0.6) is 0 Å². The lowest BCUT2D eigenvalue weighted by molar-refractivity contribution is -0.145. The van der Waals surface area contributed by atoms with Gasteiger partial charge in [-0.1, -0.05) is 0 Å². The molecule has 0 radical (unpaired) electrons. The van der Waals surface area contributed by atoms with Crippen molar-refractivity contribution in [3.8, 4) is 0 Å². The van der Waals surface area contributed by atoms with E-state index in [0.29, 0.717) is 24.7 Å². The zero-order valence-corrected chi connectivity index (χ0v) is 16.8. The normalized spacial score (nSPS) is 13.9. The van der Waals surface area contributed by atoms with Gasteiger partial charge in [0.15, 0.2) is 0 Å². The molecular weight excluding hydrogens is 348 g/mol. The number of hydrogen-bond acceptors (Lipinski definition) is 6. The molecule has 6 heteroatoms. The van der Waals surface area contributed by atoms with Crippen LogP contribution >= 0.6 is 0 Å². The third-order valence-corrected chi connectivity index (χ3v) is 4.74. The number of esters is 2. The van der Waals surface area contributed by atoms with Gasteiger partial charge in [0.2, 0.25) is 0 Å². The Morgan fingerprint density at radius 2 is 1.26 bits per heavy atom. The van der Waals surface area contributed by atoms with E-state index in [0.717, 1.165) is 11.1 Å². The second-order valence-electron chi connectivity index (χ2n) is 6.98. The lowest BCUT2D eigenvalue weighted by Gasteiger charge is -2.25. The van der Waals surface area contributed by atoms with E-state index < -0.39 is 17.3 Å². The van der Waals surface area contributed by atoms with E-state index in [1.54, 1.807) is 52.4 Å². The van der Waals surface area contributed by atoms with Gasteiger partial charge in [-0.25, -0.2) is 0 Å². The minimum absolute atomic E-state index is 0.310. The Bertz CT molecular complexity index is 718.